The van der Waals surface area contributed by atoms with Gasteiger partial charge < -0.3 is 10.0 Å². The summed E-state index contributed by atoms with van der Waals surface area (Å²) in [6.07, 6.45) is 2.95. The van der Waals surface area contributed by atoms with Crippen LogP contribution in [0.15, 0.2) is 41.5 Å². The molecular formula is C20H23N3OS. The van der Waals surface area contributed by atoms with Crippen molar-refractivity contribution in [3.8, 4) is 5.75 Å². The van der Waals surface area contributed by atoms with Gasteiger partial charge in [0.05, 0.1) is 11.7 Å². The smallest absolute Gasteiger partial charge is 0.160 e. The lowest BCUT2D eigenvalue weighted by Gasteiger charge is -2.32. The zero-order valence-electron chi connectivity index (χ0n) is 14.8. The molecule has 25 heavy (non-hydrogen) atoms. The first-order valence-corrected chi connectivity index (χ1v) is 9.78. The number of aromatic hydroxyl groups is 1. The molecule has 0 bridgehead atoms. The van der Waals surface area contributed by atoms with Crippen LogP contribution in [0.2, 0.25) is 0 Å². The topological polar surface area (TPSA) is 48.7 Å². The summed E-state index contributed by atoms with van der Waals surface area (Å²) in [5, 5.41) is 11.3. The van der Waals surface area contributed by atoms with Crippen LogP contribution in [0.5, 0.6) is 5.75 Å². The van der Waals surface area contributed by atoms with Crippen molar-refractivity contribution in [2.24, 2.45) is 4.99 Å². The van der Waals surface area contributed by atoms with E-state index in [1.807, 2.05) is 43.9 Å². The molecule has 0 saturated carbocycles. The summed E-state index contributed by atoms with van der Waals surface area (Å²) in [5.41, 5.74) is 4.06. The number of thioether (sulfide) groups is 1. The first kappa shape index (κ1) is 16.5. The molecule has 0 radical (unpaired) electrons. The van der Waals surface area contributed by atoms with Gasteiger partial charge in [0, 0.05) is 18.0 Å². The minimum atomic E-state index is 0.00129. The van der Waals surface area contributed by atoms with Gasteiger partial charge in [0.1, 0.15) is 11.8 Å². The van der Waals surface area contributed by atoms with Gasteiger partial charge in [-0.1, -0.05) is 36.9 Å². The third kappa shape index (κ3) is 2.71. The minimum absolute atomic E-state index is 0.00129. The maximum atomic E-state index is 10.2. The fourth-order valence-electron chi connectivity index (χ4n) is 3.87. The van der Waals surface area contributed by atoms with Crippen LogP contribution in [0.4, 0.5) is 0 Å². The number of phenolic OH excluding ortho intramolecular Hbond substituents is 1. The van der Waals surface area contributed by atoms with Gasteiger partial charge in [0.2, 0.25) is 0 Å². The highest BCUT2D eigenvalue weighted by Crippen LogP contribution is 2.49. The number of nitrogens with zero attached hydrogens (tertiary/aromatic N) is 3. The number of aryl methyl sites for hydroxylation is 2. The molecular weight excluding hydrogens is 330 g/mol. The molecule has 0 unspecified atom stereocenters. The second-order valence-electron chi connectivity index (χ2n) is 6.84. The van der Waals surface area contributed by atoms with Crippen LogP contribution in [-0.4, -0.2) is 32.0 Å². The third-order valence-corrected chi connectivity index (χ3v) is 6.31. The largest absolute Gasteiger partial charge is 0.507 e. The maximum Gasteiger partial charge on any atom is 0.160 e. The van der Waals surface area contributed by atoms with Gasteiger partial charge in [-0.3, -0.25) is 9.98 Å². The SMILES string of the molecule is CC[C@@H]1CSC2=N[C@H](c3ccccn3)[C@H](c3cc(C)c(O)c(C)c3)N21. The summed E-state index contributed by atoms with van der Waals surface area (Å²) in [6.45, 7) is 6.18. The first-order valence-electron chi connectivity index (χ1n) is 8.80. The van der Waals surface area contributed by atoms with Gasteiger partial charge in [-0.25, -0.2) is 0 Å². The van der Waals surface area contributed by atoms with Crippen LogP contribution in [0.25, 0.3) is 0 Å². The van der Waals surface area contributed by atoms with Crippen molar-refractivity contribution < 1.29 is 5.11 Å². The number of pyridine rings is 1. The molecule has 5 heteroatoms. The molecule has 1 N–H and O–H groups in total. The Morgan fingerprint density at radius 2 is 2.00 bits per heavy atom. The van der Waals surface area contributed by atoms with Crippen LogP contribution < -0.4 is 0 Å². The van der Waals surface area contributed by atoms with E-state index in [4.69, 9.17) is 4.99 Å². The lowest BCUT2D eigenvalue weighted by molar-refractivity contribution is 0.255. The summed E-state index contributed by atoms with van der Waals surface area (Å²) in [5.74, 6) is 1.48. The summed E-state index contributed by atoms with van der Waals surface area (Å²) in [6, 6.07) is 10.9. The van der Waals surface area contributed by atoms with Crippen LogP contribution in [0.3, 0.4) is 0 Å². The van der Waals surface area contributed by atoms with Crippen LogP contribution >= 0.6 is 11.8 Å². The number of amidine groups is 1. The van der Waals surface area contributed by atoms with E-state index < -0.39 is 0 Å². The monoisotopic (exact) mass is 353 g/mol. The lowest BCUT2D eigenvalue weighted by atomic mass is 9.92. The van der Waals surface area contributed by atoms with E-state index in [-0.39, 0.29) is 12.1 Å². The van der Waals surface area contributed by atoms with Crippen LogP contribution in [0, 0.1) is 13.8 Å². The number of aromatic nitrogens is 1. The maximum absolute atomic E-state index is 10.2. The van der Waals surface area contributed by atoms with Crippen molar-refractivity contribution in [1.82, 2.24) is 9.88 Å². The van der Waals surface area contributed by atoms with E-state index in [0.717, 1.165) is 34.2 Å². The Labute approximate surface area is 153 Å². The van der Waals surface area contributed by atoms with Crippen molar-refractivity contribution in [2.45, 2.75) is 45.3 Å². The Balaban J connectivity index is 1.83. The third-order valence-electron chi connectivity index (χ3n) is 5.18. The molecule has 1 aromatic heterocycles. The van der Waals surface area contributed by atoms with Crippen molar-refractivity contribution in [3.63, 3.8) is 0 Å². The van der Waals surface area contributed by atoms with Crippen molar-refractivity contribution >= 4 is 16.9 Å². The zero-order valence-corrected chi connectivity index (χ0v) is 15.6. The van der Waals surface area contributed by atoms with Gasteiger partial charge in [-0.2, -0.15) is 0 Å². The molecule has 0 aliphatic carbocycles. The molecule has 1 aromatic carbocycles. The van der Waals surface area contributed by atoms with Gasteiger partial charge in [0.15, 0.2) is 5.17 Å². The molecule has 3 atom stereocenters. The van der Waals surface area contributed by atoms with Crippen molar-refractivity contribution in [1.29, 1.82) is 0 Å². The molecule has 3 heterocycles. The summed E-state index contributed by atoms with van der Waals surface area (Å²) in [7, 11) is 0. The highest BCUT2D eigenvalue weighted by atomic mass is 32.2. The average molecular weight is 353 g/mol. The molecule has 1 fully saturated rings. The predicted molar refractivity (Wildman–Crippen MR) is 103 cm³/mol. The number of benzene rings is 1. The Bertz CT molecular complexity index is 798. The van der Waals surface area contributed by atoms with Crippen LogP contribution in [-0.2, 0) is 0 Å². The van der Waals surface area contributed by atoms with E-state index in [0.29, 0.717) is 11.8 Å². The quantitative estimate of drug-likeness (QED) is 0.889. The Morgan fingerprint density at radius 1 is 1.24 bits per heavy atom. The summed E-state index contributed by atoms with van der Waals surface area (Å²) in [4.78, 5) is 12.1. The van der Waals surface area contributed by atoms with Crippen molar-refractivity contribution in [2.75, 3.05) is 5.75 Å². The fraction of sp³-hybridized carbons (Fsp3) is 0.400. The van der Waals surface area contributed by atoms with E-state index in [1.54, 1.807) is 0 Å². The predicted octanol–water partition coefficient (Wildman–Crippen LogP) is 4.38. The van der Waals surface area contributed by atoms with Gasteiger partial charge in [0.25, 0.3) is 0 Å². The number of fused-ring (bicyclic) bond motifs is 1. The Kier molecular flexibility index (Phi) is 4.20. The second-order valence-corrected chi connectivity index (χ2v) is 7.83. The second kappa shape index (κ2) is 6.37. The van der Waals surface area contributed by atoms with Gasteiger partial charge >= 0.3 is 0 Å². The molecule has 130 valence electrons. The number of rotatable bonds is 3. The number of hydrogen-bond donors (Lipinski definition) is 1. The Hall–Kier alpha value is -2.01. The van der Waals surface area contributed by atoms with E-state index >= 15 is 0 Å². The van der Waals surface area contributed by atoms with E-state index in [9.17, 15) is 5.11 Å². The van der Waals surface area contributed by atoms with Gasteiger partial charge in [-0.05, 0) is 49.1 Å². The Morgan fingerprint density at radius 3 is 2.64 bits per heavy atom. The highest BCUT2D eigenvalue weighted by molar-refractivity contribution is 8.14. The molecule has 2 aliphatic heterocycles. The number of hydrogen-bond acceptors (Lipinski definition) is 5. The van der Waals surface area contributed by atoms with E-state index in [1.165, 1.54) is 5.56 Å². The first-order chi connectivity index (χ1) is 12.1. The standard InChI is InChI=1S/C20H23N3OS/c1-4-15-11-25-20-22-17(16-7-5-6-8-21-16)18(23(15)20)14-9-12(2)19(24)13(3)10-14/h5-10,15,17-18,24H,4,11H2,1-3H3/t15-,17-,18+/m1/s1. The molecule has 4 nitrogen and oxygen atoms in total. The summed E-state index contributed by atoms with van der Waals surface area (Å²) < 4.78 is 0. The summed E-state index contributed by atoms with van der Waals surface area (Å²) >= 11 is 1.85. The fourth-order valence-corrected chi connectivity index (χ4v) is 5.21. The van der Waals surface area contributed by atoms with Crippen molar-refractivity contribution in [3.05, 3.63) is 58.9 Å². The number of phenols is 1. The van der Waals surface area contributed by atoms with Crippen LogP contribution in [0.1, 0.15) is 47.8 Å². The normalized spacial score (nSPS) is 25.2. The molecule has 4 rings (SSSR count). The molecule has 0 amide bonds. The molecule has 0 spiro atoms. The lowest BCUT2D eigenvalue weighted by Crippen LogP contribution is -2.35. The molecule has 2 aromatic rings. The van der Waals surface area contributed by atoms with E-state index in [2.05, 4.69) is 35.0 Å². The molecule has 2 aliphatic rings. The number of aliphatic imine (C=N–C) groups is 1. The molecule has 1 saturated heterocycles. The average Bonchev–Trinajstić information content (AvgIpc) is 3.18. The zero-order chi connectivity index (χ0) is 17.6. The van der Waals surface area contributed by atoms with Gasteiger partial charge in [-0.15, -0.1) is 0 Å². The highest BCUT2D eigenvalue weighted by Gasteiger charge is 2.45. The minimum Gasteiger partial charge on any atom is -0.507 e.